The van der Waals surface area contributed by atoms with E-state index in [0.29, 0.717) is 0 Å². The maximum atomic E-state index is 10.9. The smallest absolute Gasteiger partial charge is 0.319 e. The van der Waals surface area contributed by atoms with Crippen LogP contribution in [0.3, 0.4) is 0 Å². The molecule has 70 valence electrons. The van der Waals surface area contributed by atoms with Gasteiger partial charge >= 0.3 is 13.1 Å². The highest BCUT2D eigenvalue weighted by Gasteiger charge is 2.34. The molecule has 0 aromatic heterocycles. The molecule has 0 amide bonds. The van der Waals surface area contributed by atoms with Crippen LogP contribution in [0, 0.1) is 0 Å². The summed E-state index contributed by atoms with van der Waals surface area (Å²) in [6.45, 7) is 2.83. The average Bonchev–Trinajstić information content (AvgIpc) is 2.01. The minimum atomic E-state index is -4.34. The third-order valence-electron chi connectivity index (χ3n) is 1.12. The van der Waals surface area contributed by atoms with Gasteiger partial charge in [0.05, 0.1) is 6.61 Å². The summed E-state index contributed by atoms with van der Waals surface area (Å²) >= 11 is 0. The molecule has 0 bridgehead atoms. The van der Waals surface area contributed by atoms with E-state index in [1.807, 2.05) is 0 Å². The summed E-state index contributed by atoms with van der Waals surface area (Å²) in [4.78, 5) is 30.3. The van der Waals surface area contributed by atoms with Crippen LogP contribution in [0.1, 0.15) is 20.3 Å². The van der Waals surface area contributed by atoms with Gasteiger partial charge in [0.1, 0.15) is 0 Å². The van der Waals surface area contributed by atoms with Crippen molar-refractivity contribution < 1.29 is 23.6 Å². The first-order valence-electron chi connectivity index (χ1n) is 3.50. The van der Waals surface area contributed by atoms with Crippen molar-refractivity contribution in [2.75, 3.05) is 6.61 Å². The van der Waals surface area contributed by atoms with E-state index in [0.717, 1.165) is 0 Å². The van der Waals surface area contributed by atoms with Gasteiger partial charge < -0.3 is 9.42 Å². The Bertz CT molecular complexity index is 234. The van der Waals surface area contributed by atoms with Crippen molar-refractivity contribution >= 4 is 18.9 Å². The second-order valence-corrected chi connectivity index (χ2v) is 3.73. The molecule has 1 atom stereocenters. The normalized spacial score (nSPS) is 15.2. The second-order valence-electron chi connectivity index (χ2n) is 2.02. The SMILES string of the molecule is CCOP(=O)(O)C(=O)C(=O)CC. The van der Waals surface area contributed by atoms with Gasteiger partial charge in [0, 0.05) is 6.42 Å². The van der Waals surface area contributed by atoms with E-state index in [-0.39, 0.29) is 13.0 Å². The standard InChI is InChI=1S/C6H11O5P/c1-3-5(7)6(8)12(9,10)11-4-2/h3-4H2,1-2H3,(H,9,10). The summed E-state index contributed by atoms with van der Waals surface area (Å²) in [5.74, 6) is -0.880. The van der Waals surface area contributed by atoms with Crippen molar-refractivity contribution in [2.45, 2.75) is 20.3 Å². The Kier molecular flexibility index (Phi) is 4.31. The average molecular weight is 194 g/mol. The zero-order valence-electron chi connectivity index (χ0n) is 6.94. The van der Waals surface area contributed by atoms with Crippen molar-refractivity contribution in [1.29, 1.82) is 0 Å². The molecular formula is C6H11O5P. The number of carbonyl (C=O) groups is 2. The molecule has 1 N–H and O–H groups in total. The first-order chi connectivity index (χ1) is 5.45. The van der Waals surface area contributed by atoms with Crippen LogP contribution in [0.2, 0.25) is 0 Å². The van der Waals surface area contributed by atoms with Crippen LogP contribution in [-0.2, 0) is 18.7 Å². The first-order valence-corrected chi connectivity index (χ1v) is 5.08. The Balaban J connectivity index is 4.46. The Morgan fingerprint density at radius 3 is 2.25 bits per heavy atom. The fourth-order valence-electron chi connectivity index (χ4n) is 0.542. The molecule has 0 saturated heterocycles. The Labute approximate surface area is 70.3 Å². The molecule has 6 heteroatoms. The zero-order chi connectivity index (χ0) is 9.78. The third-order valence-corrected chi connectivity index (χ3v) is 2.49. The summed E-state index contributed by atoms with van der Waals surface area (Å²) in [7, 11) is -4.34. The lowest BCUT2D eigenvalue weighted by Crippen LogP contribution is -2.14. The zero-order valence-corrected chi connectivity index (χ0v) is 7.84. The van der Waals surface area contributed by atoms with Crippen LogP contribution in [-0.4, -0.2) is 22.8 Å². The van der Waals surface area contributed by atoms with Crippen molar-refractivity contribution in [3.8, 4) is 0 Å². The van der Waals surface area contributed by atoms with E-state index in [2.05, 4.69) is 4.52 Å². The van der Waals surface area contributed by atoms with E-state index in [4.69, 9.17) is 4.89 Å². The van der Waals surface area contributed by atoms with Crippen LogP contribution in [0.4, 0.5) is 0 Å². The molecule has 0 aromatic rings. The first kappa shape index (κ1) is 11.5. The molecule has 0 aliphatic heterocycles. The number of hydrogen-bond donors (Lipinski definition) is 1. The van der Waals surface area contributed by atoms with Crippen LogP contribution < -0.4 is 0 Å². The lowest BCUT2D eigenvalue weighted by molar-refractivity contribution is -0.132. The summed E-state index contributed by atoms with van der Waals surface area (Å²) in [5.41, 5.74) is -1.33. The minimum absolute atomic E-state index is 0.0729. The molecule has 0 aliphatic rings. The summed E-state index contributed by atoms with van der Waals surface area (Å²) in [5, 5.41) is 0. The topological polar surface area (TPSA) is 80.7 Å². The number of rotatable bonds is 5. The fourth-order valence-corrected chi connectivity index (χ4v) is 1.48. The van der Waals surface area contributed by atoms with Gasteiger partial charge in [0.15, 0.2) is 0 Å². The van der Waals surface area contributed by atoms with E-state index in [9.17, 15) is 14.2 Å². The van der Waals surface area contributed by atoms with E-state index in [1.165, 1.54) is 13.8 Å². The molecule has 0 aliphatic carbocycles. The number of carbonyl (C=O) groups excluding carboxylic acids is 2. The van der Waals surface area contributed by atoms with E-state index in [1.54, 1.807) is 0 Å². The molecule has 0 fully saturated rings. The molecular weight excluding hydrogens is 183 g/mol. The maximum Gasteiger partial charge on any atom is 0.402 e. The van der Waals surface area contributed by atoms with Crippen LogP contribution in [0.25, 0.3) is 0 Å². The maximum absolute atomic E-state index is 10.9. The monoisotopic (exact) mass is 194 g/mol. The Hall–Kier alpha value is -0.510. The quantitative estimate of drug-likeness (QED) is 0.515. The summed E-state index contributed by atoms with van der Waals surface area (Å²) in [6.07, 6.45) is -0.0868. The third kappa shape index (κ3) is 2.85. The molecule has 0 heterocycles. The number of Topliss-reactive ketones (excluding diaryl/α,β-unsaturated/α-hetero) is 1. The number of ketones is 1. The van der Waals surface area contributed by atoms with Crippen molar-refractivity contribution in [3.05, 3.63) is 0 Å². The van der Waals surface area contributed by atoms with Crippen LogP contribution in [0.5, 0.6) is 0 Å². The molecule has 0 aromatic carbocycles. The lowest BCUT2D eigenvalue weighted by Gasteiger charge is -2.06. The predicted octanol–water partition coefficient (Wildman–Crippen LogP) is 0.714. The second kappa shape index (κ2) is 4.50. The highest BCUT2D eigenvalue weighted by atomic mass is 31.2. The van der Waals surface area contributed by atoms with Gasteiger partial charge in [-0.2, -0.15) is 0 Å². The molecule has 0 rings (SSSR count). The summed E-state index contributed by atoms with van der Waals surface area (Å²) < 4.78 is 15.1. The van der Waals surface area contributed by atoms with Gasteiger partial charge in [-0.1, -0.05) is 6.92 Å². The summed E-state index contributed by atoms with van der Waals surface area (Å²) in [6, 6.07) is 0. The fraction of sp³-hybridized carbons (Fsp3) is 0.667. The Morgan fingerprint density at radius 1 is 1.42 bits per heavy atom. The molecule has 1 unspecified atom stereocenters. The van der Waals surface area contributed by atoms with Crippen molar-refractivity contribution in [2.24, 2.45) is 0 Å². The van der Waals surface area contributed by atoms with Gasteiger partial charge in [0.25, 0.3) is 0 Å². The van der Waals surface area contributed by atoms with E-state index < -0.39 is 18.9 Å². The van der Waals surface area contributed by atoms with Crippen LogP contribution in [0.15, 0.2) is 0 Å². The van der Waals surface area contributed by atoms with Gasteiger partial charge in [-0.15, -0.1) is 0 Å². The number of hydrogen-bond acceptors (Lipinski definition) is 4. The largest absolute Gasteiger partial charge is 0.402 e. The van der Waals surface area contributed by atoms with Crippen molar-refractivity contribution in [1.82, 2.24) is 0 Å². The molecule has 12 heavy (non-hydrogen) atoms. The lowest BCUT2D eigenvalue weighted by atomic mass is 10.3. The molecule has 0 saturated carbocycles. The van der Waals surface area contributed by atoms with Gasteiger partial charge in [-0.25, -0.2) is 0 Å². The minimum Gasteiger partial charge on any atom is -0.319 e. The Morgan fingerprint density at radius 2 is 1.92 bits per heavy atom. The van der Waals surface area contributed by atoms with Gasteiger partial charge in [-0.05, 0) is 6.92 Å². The molecule has 5 nitrogen and oxygen atoms in total. The highest BCUT2D eigenvalue weighted by Crippen LogP contribution is 2.42. The molecule has 0 radical (unpaired) electrons. The van der Waals surface area contributed by atoms with Gasteiger partial charge in [-0.3, -0.25) is 14.2 Å². The van der Waals surface area contributed by atoms with E-state index >= 15 is 0 Å². The van der Waals surface area contributed by atoms with Gasteiger partial charge in [0.2, 0.25) is 5.78 Å². The van der Waals surface area contributed by atoms with Crippen LogP contribution >= 0.6 is 7.60 Å². The van der Waals surface area contributed by atoms with Crippen molar-refractivity contribution in [3.63, 3.8) is 0 Å². The highest BCUT2D eigenvalue weighted by molar-refractivity contribution is 7.74. The molecule has 0 spiro atoms. The predicted molar refractivity (Wildman–Crippen MR) is 41.8 cm³/mol.